The lowest BCUT2D eigenvalue weighted by Crippen LogP contribution is -2.61. The summed E-state index contributed by atoms with van der Waals surface area (Å²) in [4.78, 5) is 0. The molecule has 0 aliphatic heterocycles. The van der Waals surface area contributed by atoms with E-state index in [0.29, 0.717) is 383 Å². The molecule has 0 fully saturated rings. The first-order valence-corrected chi connectivity index (χ1v) is 46.0. The van der Waals surface area contributed by atoms with Crippen LogP contribution in [0.15, 0.2) is 0 Å². The van der Waals surface area contributed by atoms with Gasteiger partial charge in [0.1, 0.15) is 0 Å². The number of aliphatic hydroxyl groups excluding tert-OH is 2. The Kier molecular flexibility index (Phi) is 93.9. The summed E-state index contributed by atoms with van der Waals surface area (Å²) in [5.41, 5.74) is 0. The van der Waals surface area contributed by atoms with Crippen molar-refractivity contribution in [1.29, 1.82) is 0 Å². The molecule has 0 aliphatic rings. The fourth-order valence-electron chi connectivity index (χ4n) is 9.82. The molecule has 0 spiro atoms. The highest BCUT2D eigenvalue weighted by Gasteiger charge is 2.82. The number of alkyl halides is 18. The summed E-state index contributed by atoms with van der Waals surface area (Å²) in [5.74, 6) is -39.5. The van der Waals surface area contributed by atoms with Gasteiger partial charge in [-0.05, 0) is 0 Å². The van der Waals surface area contributed by atoms with E-state index < -0.39 is 86.2 Å². The Balaban J connectivity index is 3.20. The highest BCUT2D eigenvalue weighted by Crippen LogP contribution is 2.56. The largest absolute Gasteiger partial charge is 0.460 e. The van der Waals surface area contributed by atoms with Crippen LogP contribution in [0.5, 0.6) is 0 Å². The van der Waals surface area contributed by atoms with Crippen molar-refractivity contribution in [1.82, 2.24) is 0 Å². The van der Waals surface area contributed by atoms with Crippen molar-refractivity contribution in [2.45, 2.75) is 72.9 Å². The van der Waals surface area contributed by atoms with E-state index >= 15 is 0 Å². The predicted molar refractivity (Wildman–Crippen MR) is 453 cm³/mol. The number of halogens is 18. The smallest absolute Gasteiger partial charge is 0.390 e. The normalized spacial score (nSPS) is 13.4. The van der Waals surface area contributed by atoms with Gasteiger partial charge < -0.3 is 181 Å². The van der Waals surface area contributed by atoms with Crippen LogP contribution in [0.25, 0.3) is 0 Å². The van der Waals surface area contributed by atoms with Crippen LogP contribution in [-0.4, -0.2) is 546 Å². The lowest BCUT2D eigenvalue weighted by atomic mass is 9.98. The van der Waals surface area contributed by atoms with Gasteiger partial charge in [0.25, 0.3) is 0 Å². The molecule has 0 rings (SSSR count). The molecule has 842 valence electrons. The topological polar surface area (TPSA) is 373 Å². The molecule has 56 heteroatoms. The standard InChI is InChI=1S/C84H152F18O38/c85-77(86,79(89,90)81(93,94)83(97,98)99)71-75(103)73-139-69-67-137-65-63-135-61-59-133-57-55-131-53-51-129-49-47-127-45-43-125-41-39-123-37-35-121-33-31-119-29-27-117-25-23-115-21-19-113-17-15-111-13-11-109-9-7-107-5-3-105-1-2-106-4-6-108-8-10-110-12-14-112-16-18-114-20-22-116-24-26-118-28-30-120-32-34-122-36-38-124-40-42-126-44-46-128-48-50-130-52-54-132-56-58-134-60-62-136-64-66-138-68-70-140-74-76(104)72-78(87,88)80(91,92)82(95,96)84(100,101)102/h75-76,103-104H,1-74H2. The predicted octanol–water partition coefficient (Wildman–Crippen LogP) is 6.02. The van der Waals surface area contributed by atoms with Gasteiger partial charge >= 0.3 is 47.9 Å². The summed E-state index contributed by atoms with van der Waals surface area (Å²) in [6.45, 7) is 22.2. The van der Waals surface area contributed by atoms with E-state index in [0.717, 1.165) is 0 Å². The number of ether oxygens (including phenoxy) is 36. The van der Waals surface area contributed by atoms with Crippen molar-refractivity contribution in [2.75, 3.05) is 476 Å². The summed E-state index contributed by atoms with van der Waals surface area (Å²) in [6.07, 6.45) is -23.6. The maximum absolute atomic E-state index is 13.6. The van der Waals surface area contributed by atoms with Gasteiger partial charge in [0.15, 0.2) is 0 Å². The quantitative estimate of drug-likeness (QED) is 0.0519. The molecule has 2 N–H and O–H groups in total. The molecule has 0 aromatic carbocycles. The molecule has 0 saturated heterocycles. The summed E-state index contributed by atoms with van der Waals surface area (Å²) >= 11 is 0. The van der Waals surface area contributed by atoms with Gasteiger partial charge in [-0.2, -0.15) is 79.0 Å². The Morgan fingerprint density at radius 1 is 0.114 bits per heavy atom. The van der Waals surface area contributed by atoms with E-state index in [9.17, 15) is 89.2 Å². The van der Waals surface area contributed by atoms with Crippen molar-refractivity contribution in [2.24, 2.45) is 0 Å². The van der Waals surface area contributed by atoms with Gasteiger partial charge in [-0.25, -0.2) is 0 Å². The zero-order chi connectivity index (χ0) is 103. The molecule has 0 amide bonds. The molecule has 0 radical (unpaired) electrons. The molecular weight excluding hydrogens is 1960 g/mol. The fraction of sp³-hybridized carbons (Fsp3) is 1.00. The van der Waals surface area contributed by atoms with E-state index in [1.807, 2.05) is 0 Å². The van der Waals surface area contributed by atoms with E-state index in [2.05, 4.69) is 0 Å². The van der Waals surface area contributed by atoms with Crippen molar-refractivity contribution >= 4 is 0 Å². The number of hydrogen-bond donors (Lipinski definition) is 2. The van der Waals surface area contributed by atoms with Crippen LogP contribution in [0.4, 0.5) is 79.0 Å². The van der Waals surface area contributed by atoms with Crippen LogP contribution in [0.1, 0.15) is 12.8 Å². The van der Waals surface area contributed by atoms with Gasteiger partial charge in [0, 0.05) is 12.8 Å². The van der Waals surface area contributed by atoms with Gasteiger partial charge in [-0.3, -0.25) is 0 Å². The van der Waals surface area contributed by atoms with Crippen LogP contribution >= 0.6 is 0 Å². The van der Waals surface area contributed by atoms with Crippen LogP contribution in [0, 0.1) is 0 Å². The van der Waals surface area contributed by atoms with Crippen LogP contribution < -0.4 is 0 Å². The Morgan fingerprint density at radius 3 is 0.257 bits per heavy atom. The average Bonchev–Trinajstić information content (AvgIpc) is 0.748. The van der Waals surface area contributed by atoms with E-state index in [1.54, 1.807) is 0 Å². The van der Waals surface area contributed by atoms with Crippen LogP contribution in [0.2, 0.25) is 0 Å². The summed E-state index contributed by atoms with van der Waals surface area (Å²) in [7, 11) is 0. The van der Waals surface area contributed by atoms with E-state index in [4.69, 9.17) is 171 Å². The summed E-state index contributed by atoms with van der Waals surface area (Å²) in [6, 6.07) is 0. The molecule has 0 heterocycles. The second-order valence-corrected chi connectivity index (χ2v) is 28.4. The van der Waals surface area contributed by atoms with E-state index in [-0.39, 0.29) is 79.3 Å². The zero-order valence-corrected chi connectivity index (χ0v) is 79.9. The average molecular weight is 2110 g/mol. The minimum atomic E-state index is -7.03. The first-order chi connectivity index (χ1) is 67.5. The highest BCUT2D eigenvalue weighted by molar-refractivity contribution is 5.02. The Morgan fingerprint density at radius 2 is 0.186 bits per heavy atom. The Hall–Kier alpha value is -2.78. The first kappa shape index (κ1) is 137. The second-order valence-electron chi connectivity index (χ2n) is 28.4. The third-order valence-corrected chi connectivity index (χ3v) is 17.0. The molecule has 0 bridgehead atoms. The third-order valence-electron chi connectivity index (χ3n) is 17.0. The lowest BCUT2D eigenvalue weighted by Gasteiger charge is -2.34. The van der Waals surface area contributed by atoms with Crippen molar-refractivity contribution in [3.8, 4) is 0 Å². The van der Waals surface area contributed by atoms with Gasteiger partial charge in [-0.15, -0.1) is 0 Å². The lowest BCUT2D eigenvalue weighted by molar-refractivity contribution is -0.398. The first-order valence-electron chi connectivity index (χ1n) is 46.0. The molecule has 38 nitrogen and oxygen atoms in total. The SMILES string of the molecule is OC(COCCOCCOCCOCCOCCOCCOCCOCCOCCOCCOCCOCCOCCOCCOCCOCCOCCOCCOCCOCCOCCOCCOCCOCCOCCOCCOCCOCCOCCOCCOCCOCCOCCOCCOCCOCC(O)CC(F)(F)C(F)(F)C(F)(F)C(F)(F)F)CC(F)(F)C(F)(F)C(F)(F)C(F)(F)F. The second kappa shape index (κ2) is 95.8. The molecule has 2 atom stereocenters. The monoisotopic (exact) mass is 2110 g/mol. The maximum Gasteiger partial charge on any atom is 0.460 e. The third kappa shape index (κ3) is 82.1. The Bertz CT molecular complexity index is 2370. The molecular formula is C84H152F18O38. The van der Waals surface area contributed by atoms with Crippen molar-refractivity contribution in [3.05, 3.63) is 0 Å². The molecule has 0 aromatic heterocycles. The number of aliphatic hydroxyl groups is 2. The zero-order valence-electron chi connectivity index (χ0n) is 79.9. The molecule has 0 saturated carbocycles. The van der Waals surface area contributed by atoms with Gasteiger partial charge in [-0.1, -0.05) is 0 Å². The van der Waals surface area contributed by atoms with Crippen molar-refractivity contribution < 1.29 is 260 Å². The molecule has 2 unspecified atom stereocenters. The summed E-state index contributed by atoms with van der Waals surface area (Å²) < 4.78 is 428. The van der Waals surface area contributed by atoms with E-state index in [1.165, 1.54) is 0 Å². The fourth-order valence-corrected chi connectivity index (χ4v) is 9.82. The minimum Gasteiger partial charge on any atom is -0.390 e. The summed E-state index contributed by atoms with van der Waals surface area (Å²) in [5, 5.41) is 18.9. The maximum atomic E-state index is 13.6. The number of hydrogen-bond acceptors (Lipinski definition) is 38. The molecule has 0 aliphatic carbocycles. The molecule has 0 aromatic rings. The highest BCUT2D eigenvalue weighted by atomic mass is 19.4. The van der Waals surface area contributed by atoms with Gasteiger partial charge in [0.05, 0.1) is 488 Å². The Labute approximate surface area is 806 Å². The molecule has 140 heavy (non-hydrogen) atoms. The van der Waals surface area contributed by atoms with Crippen LogP contribution in [-0.2, 0) is 171 Å². The number of rotatable bonds is 117. The minimum absolute atomic E-state index is 0.0550. The van der Waals surface area contributed by atoms with Gasteiger partial charge in [0.2, 0.25) is 0 Å². The van der Waals surface area contributed by atoms with Crippen molar-refractivity contribution in [3.63, 3.8) is 0 Å². The van der Waals surface area contributed by atoms with Crippen LogP contribution in [0.3, 0.4) is 0 Å².